The van der Waals surface area contributed by atoms with Crippen molar-refractivity contribution in [2.24, 2.45) is 0 Å². The van der Waals surface area contributed by atoms with Crippen molar-refractivity contribution in [1.82, 2.24) is 5.32 Å². The molecule has 0 aliphatic heterocycles. The van der Waals surface area contributed by atoms with E-state index in [0.717, 1.165) is 13.2 Å². The summed E-state index contributed by atoms with van der Waals surface area (Å²) in [4.78, 5) is 0. The summed E-state index contributed by atoms with van der Waals surface area (Å²) >= 11 is 0. The molecule has 0 amide bonds. The third kappa shape index (κ3) is 3.58. The van der Waals surface area contributed by atoms with Crippen LogP contribution in [-0.4, -0.2) is 24.3 Å². The molecule has 0 atom stereocenters. The predicted molar refractivity (Wildman–Crippen MR) is 60.6 cm³/mol. The van der Waals surface area contributed by atoms with Crippen molar-refractivity contribution in [2.75, 3.05) is 13.2 Å². The molecule has 0 aromatic carbocycles. The fourth-order valence-electron chi connectivity index (χ4n) is 2.12. The maximum absolute atomic E-state index is 5.92. The fourth-order valence-corrected chi connectivity index (χ4v) is 2.12. The standard InChI is InChI=1S/C12H25NO/c1-5-14-12(8-6-7-9-12)10-13-11(2,3)4/h13H,5-10H2,1-4H3. The van der Waals surface area contributed by atoms with Crippen molar-refractivity contribution in [1.29, 1.82) is 0 Å². The molecule has 0 spiro atoms. The molecular formula is C12H25NO. The molecule has 2 nitrogen and oxygen atoms in total. The van der Waals surface area contributed by atoms with Crippen LogP contribution in [0.15, 0.2) is 0 Å². The molecule has 1 saturated carbocycles. The van der Waals surface area contributed by atoms with Gasteiger partial charge in [-0.3, -0.25) is 0 Å². The first-order valence-corrected chi connectivity index (χ1v) is 5.86. The van der Waals surface area contributed by atoms with Crippen molar-refractivity contribution in [3.63, 3.8) is 0 Å². The first-order valence-electron chi connectivity index (χ1n) is 5.86. The second-order valence-corrected chi connectivity index (χ2v) is 5.43. The lowest BCUT2D eigenvalue weighted by molar-refractivity contribution is -0.0360. The number of hydrogen-bond donors (Lipinski definition) is 1. The Balaban J connectivity index is 2.43. The minimum absolute atomic E-state index is 0.141. The number of hydrogen-bond acceptors (Lipinski definition) is 2. The van der Waals surface area contributed by atoms with E-state index in [1.165, 1.54) is 25.7 Å². The lowest BCUT2D eigenvalue weighted by Crippen LogP contribution is -2.47. The molecule has 1 fully saturated rings. The van der Waals surface area contributed by atoms with E-state index in [-0.39, 0.29) is 11.1 Å². The van der Waals surface area contributed by atoms with E-state index in [2.05, 4.69) is 33.0 Å². The summed E-state index contributed by atoms with van der Waals surface area (Å²) in [7, 11) is 0. The minimum atomic E-state index is 0.141. The zero-order valence-electron chi connectivity index (χ0n) is 10.2. The van der Waals surface area contributed by atoms with E-state index in [0.29, 0.717) is 0 Å². The maximum atomic E-state index is 5.92. The second-order valence-electron chi connectivity index (χ2n) is 5.43. The van der Waals surface area contributed by atoms with Gasteiger partial charge >= 0.3 is 0 Å². The molecule has 2 heteroatoms. The molecule has 0 bridgehead atoms. The van der Waals surface area contributed by atoms with Gasteiger partial charge in [0.1, 0.15) is 0 Å². The Labute approximate surface area is 88.4 Å². The molecule has 1 aliphatic rings. The van der Waals surface area contributed by atoms with Gasteiger partial charge in [0.2, 0.25) is 0 Å². The molecule has 0 saturated heterocycles. The van der Waals surface area contributed by atoms with Crippen LogP contribution >= 0.6 is 0 Å². The summed E-state index contributed by atoms with van der Waals surface area (Å²) in [6.07, 6.45) is 5.10. The van der Waals surface area contributed by atoms with Crippen LogP contribution in [0.4, 0.5) is 0 Å². The molecule has 0 radical (unpaired) electrons. The average molecular weight is 199 g/mol. The van der Waals surface area contributed by atoms with Gasteiger partial charge in [-0.05, 0) is 40.5 Å². The highest BCUT2D eigenvalue weighted by Gasteiger charge is 2.34. The van der Waals surface area contributed by atoms with E-state index < -0.39 is 0 Å². The van der Waals surface area contributed by atoms with Crippen molar-refractivity contribution in [2.45, 2.75) is 64.5 Å². The van der Waals surface area contributed by atoms with Gasteiger partial charge < -0.3 is 10.1 Å². The van der Waals surface area contributed by atoms with Gasteiger partial charge in [0.25, 0.3) is 0 Å². The molecule has 1 aliphatic carbocycles. The molecular weight excluding hydrogens is 174 g/mol. The van der Waals surface area contributed by atoms with Crippen LogP contribution in [0.5, 0.6) is 0 Å². The molecule has 0 heterocycles. The van der Waals surface area contributed by atoms with Gasteiger partial charge in [-0.1, -0.05) is 12.8 Å². The van der Waals surface area contributed by atoms with Gasteiger partial charge in [-0.2, -0.15) is 0 Å². The summed E-state index contributed by atoms with van der Waals surface area (Å²) in [5.41, 5.74) is 0.342. The monoisotopic (exact) mass is 199 g/mol. The minimum Gasteiger partial charge on any atom is -0.374 e. The lowest BCUT2D eigenvalue weighted by Gasteiger charge is -2.33. The summed E-state index contributed by atoms with van der Waals surface area (Å²) in [6.45, 7) is 10.6. The van der Waals surface area contributed by atoms with Crippen molar-refractivity contribution >= 4 is 0 Å². The Morgan fingerprint density at radius 3 is 2.21 bits per heavy atom. The Hall–Kier alpha value is -0.0800. The van der Waals surface area contributed by atoms with Gasteiger partial charge in [-0.25, -0.2) is 0 Å². The van der Waals surface area contributed by atoms with Crippen LogP contribution in [0.3, 0.4) is 0 Å². The maximum Gasteiger partial charge on any atom is 0.0806 e. The summed E-state index contributed by atoms with van der Waals surface area (Å²) < 4.78 is 5.92. The molecule has 1 rings (SSSR count). The van der Waals surface area contributed by atoms with Crippen molar-refractivity contribution in [3.05, 3.63) is 0 Å². The highest BCUT2D eigenvalue weighted by atomic mass is 16.5. The largest absolute Gasteiger partial charge is 0.374 e. The van der Waals surface area contributed by atoms with E-state index >= 15 is 0 Å². The molecule has 0 aromatic heterocycles. The lowest BCUT2D eigenvalue weighted by atomic mass is 9.99. The van der Waals surface area contributed by atoms with Crippen LogP contribution in [-0.2, 0) is 4.74 Å². The highest BCUT2D eigenvalue weighted by molar-refractivity contribution is 4.90. The summed E-state index contributed by atoms with van der Waals surface area (Å²) in [5, 5.41) is 3.56. The fraction of sp³-hybridized carbons (Fsp3) is 1.00. The first-order chi connectivity index (χ1) is 6.47. The van der Waals surface area contributed by atoms with Crippen LogP contribution in [0.25, 0.3) is 0 Å². The normalized spacial score (nSPS) is 21.4. The zero-order valence-corrected chi connectivity index (χ0v) is 10.2. The van der Waals surface area contributed by atoms with Crippen molar-refractivity contribution in [3.8, 4) is 0 Å². The molecule has 0 unspecified atom stereocenters. The highest BCUT2D eigenvalue weighted by Crippen LogP contribution is 2.32. The molecule has 14 heavy (non-hydrogen) atoms. The third-order valence-electron chi connectivity index (χ3n) is 2.91. The van der Waals surface area contributed by atoms with Crippen LogP contribution < -0.4 is 5.32 Å². The van der Waals surface area contributed by atoms with Gasteiger partial charge in [0.05, 0.1) is 5.60 Å². The Kier molecular flexibility index (Phi) is 3.96. The second kappa shape index (κ2) is 4.63. The molecule has 1 N–H and O–H groups in total. The predicted octanol–water partition coefficient (Wildman–Crippen LogP) is 2.72. The van der Waals surface area contributed by atoms with E-state index in [1.807, 2.05) is 0 Å². The van der Waals surface area contributed by atoms with Gasteiger partial charge in [0, 0.05) is 18.7 Å². The number of nitrogens with one attached hydrogen (secondary N) is 1. The van der Waals surface area contributed by atoms with E-state index in [4.69, 9.17) is 4.74 Å². The zero-order chi connectivity index (χ0) is 10.7. The molecule has 0 aromatic rings. The van der Waals surface area contributed by atoms with Gasteiger partial charge in [-0.15, -0.1) is 0 Å². The van der Waals surface area contributed by atoms with Crippen LogP contribution in [0.1, 0.15) is 53.4 Å². The Morgan fingerprint density at radius 2 is 1.79 bits per heavy atom. The quantitative estimate of drug-likeness (QED) is 0.751. The molecule has 84 valence electrons. The van der Waals surface area contributed by atoms with Gasteiger partial charge in [0.15, 0.2) is 0 Å². The van der Waals surface area contributed by atoms with Crippen molar-refractivity contribution < 1.29 is 4.74 Å². The Morgan fingerprint density at radius 1 is 1.21 bits per heavy atom. The number of ether oxygens (including phenoxy) is 1. The average Bonchev–Trinajstić information content (AvgIpc) is 2.50. The van der Waals surface area contributed by atoms with Crippen LogP contribution in [0, 0.1) is 0 Å². The first kappa shape index (κ1) is 12.0. The van der Waals surface area contributed by atoms with E-state index in [1.54, 1.807) is 0 Å². The van der Waals surface area contributed by atoms with Crippen LogP contribution in [0.2, 0.25) is 0 Å². The summed E-state index contributed by atoms with van der Waals surface area (Å²) in [5.74, 6) is 0. The third-order valence-corrected chi connectivity index (χ3v) is 2.91. The topological polar surface area (TPSA) is 21.3 Å². The number of rotatable bonds is 4. The summed E-state index contributed by atoms with van der Waals surface area (Å²) in [6, 6.07) is 0. The SMILES string of the molecule is CCOC1(CNC(C)(C)C)CCCC1. The smallest absolute Gasteiger partial charge is 0.0806 e. The Bertz CT molecular complexity index is 166. The van der Waals surface area contributed by atoms with E-state index in [9.17, 15) is 0 Å².